The van der Waals surface area contributed by atoms with E-state index in [1.165, 1.54) is 0 Å². The number of hydrogen-bond donors (Lipinski definition) is 1. The molecule has 5 nitrogen and oxygen atoms in total. The van der Waals surface area contributed by atoms with Crippen molar-refractivity contribution in [1.82, 2.24) is 0 Å². The molecule has 0 heterocycles. The minimum absolute atomic E-state index is 0. The first-order valence-corrected chi connectivity index (χ1v) is 5.72. The molecule has 0 saturated carbocycles. The van der Waals surface area contributed by atoms with Crippen molar-refractivity contribution in [1.29, 1.82) is 0 Å². The molecule has 0 unspecified atom stereocenters. The Labute approximate surface area is 139 Å². The SMILES string of the molecule is Cc1cc(N(C)C)ccc1NS(=O)(=O)[O-].[K+]. The van der Waals surface area contributed by atoms with Crippen molar-refractivity contribution in [3.63, 3.8) is 0 Å². The van der Waals surface area contributed by atoms with E-state index in [1.807, 2.05) is 23.7 Å². The summed E-state index contributed by atoms with van der Waals surface area (Å²) in [5, 5.41) is 0. The van der Waals surface area contributed by atoms with Gasteiger partial charge < -0.3 is 9.45 Å². The summed E-state index contributed by atoms with van der Waals surface area (Å²) in [6.45, 7) is 1.74. The second-order valence-electron chi connectivity index (χ2n) is 3.45. The first kappa shape index (κ1) is 16.4. The number of aryl methyl sites for hydroxylation is 1. The Morgan fingerprint density at radius 3 is 2.25 bits per heavy atom. The van der Waals surface area contributed by atoms with Gasteiger partial charge in [0.25, 0.3) is 0 Å². The quantitative estimate of drug-likeness (QED) is 0.505. The van der Waals surface area contributed by atoms with Gasteiger partial charge in [-0.05, 0) is 30.7 Å². The molecule has 0 atom stereocenters. The Bertz CT molecular complexity index is 460. The molecule has 0 aliphatic carbocycles. The number of nitrogens with one attached hydrogen (secondary N) is 1. The van der Waals surface area contributed by atoms with Gasteiger partial charge in [0, 0.05) is 19.8 Å². The molecule has 0 radical (unpaired) electrons. The molecule has 0 aliphatic heterocycles. The fraction of sp³-hybridized carbons (Fsp3) is 0.333. The summed E-state index contributed by atoms with van der Waals surface area (Å²) in [6.07, 6.45) is 0. The van der Waals surface area contributed by atoms with E-state index < -0.39 is 10.3 Å². The third-order valence-corrected chi connectivity index (χ3v) is 2.43. The summed E-state index contributed by atoms with van der Waals surface area (Å²) >= 11 is 0. The Balaban J connectivity index is 0.00000225. The predicted octanol–water partition coefficient (Wildman–Crippen LogP) is -2.06. The van der Waals surface area contributed by atoms with Crippen LogP contribution in [0.4, 0.5) is 11.4 Å². The van der Waals surface area contributed by atoms with Crippen LogP contribution in [0.1, 0.15) is 5.56 Å². The van der Waals surface area contributed by atoms with Gasteiger partial charge in [-0.1, -0.05) is 0 Å². The van der Waals surface area contributed by atoms with Gasteiger partial charge in [-0.3, -0.25) is 4.72 Å². The van der Waals surface area contributed by atoms with E-state index in [4.69, 9.17) is 0 Å². The molecule has 1 N–H and O–H groups in total. The number of rotatable bonds is 3. The van der Waals surface area contributed by atoms with Crippen LogP contribution in [0.25, 0.3) is 0 Å². The maximum Gasteiger partial charge on any atom is 1.00 e. The van der Waals surface area contributed by atoms with Crippen LogP contribution in [0.15, 0.2) is 18.2 Å². The summed E-state index contributed by atoms with van der Waals surface area (Å²) in [4.78, 5) is 1.89. The van der Waals surface area contributed by atoms with Gasteiger partial charge in [0.1, 0.15) is 0 Å². The summed E-state index contributed by atoms with van der Waals surface area (Å²) < 4.78 is 33.4. The van der Waals surface area contributed by atoms with E-state index >= 15 is 0 Å². The van der Waals surface area contributed by atoms with E-state index in [-0.39, 0.29) is 51.4 Å². The molecule has 0 amide bonds. The maximum absolute atomic E-state index is 10.5. The van der Waals surface area contributed by atoms with Gasteiger partial charge in [-0.25, -0.2) is 8.42 Å². The van der Waals surface area contributed by atoms with E-state index in [1.54, 1.807) is 25.1 Å². The number of benzene rings is 1. The predicted molar refractivity (Wildman–Crippen MR) is 58.8 cm³/mol. The van der Waals surface area contributed by atoms with Crippen molar-refractivity contribution in [2.45, 2.75) is 6.92 Å². The van der Waals surface area contributed by atoms with E-state index in [2.05, 4.69) is 0 Å². The van der Waals surface area contributed by atoms with Crippen molar-refractivity contribution in [3.05, 3.63) is 23.8 Å². The van der Waals surface area contributed by atoms with Gasteiger partial charge in [0.05, 0.1) is 5.69 Å². The van der Waals surface area contributed by atoms with Gasteiger partial charge in [0.2, 0.25) is 0 Å². The number of hydrogen-bond acceptors (Lipinski definition) is 4. The molecule has 1 rings (SSSR count). The molecule has 84 valence electrons. The standard InChI is InChI=1S/C9H14N2O3S.K/c1-7-6-8(11(2)3)4-5-9(7)10-15(12,13)14;/h4-6,10H,1-3H3,(H,12,13,14);/q;+1/p-1. The molecule has 0 bridgehead atoms. The molecule has 0 spiro atoms. The zero-order valence-electron chi connectivity index (χ0n) is 9.81. The monoisotopic (exact) mass is 268 g/mol. The molecule has 1 aromatic rings. The van der Waals surface area contributed by atoms with Crippen molar-refractivity contribution >= 4 is 21.7 Å². The Morgan fingerprint density at radius 1 is 1.31 bits per heavy atom. The van der Waals surface area contributed by atoms with E-state index in [0.29, 0.717) is 11.3 Å². The average Bonchev–Trinajstić information content (AvgIpc) is 2.05. The molecule has 0 aromatic heterocycles. The Hall–Kier alpha value is 0.366. The van der Waals surface area contributed by atoms with E-state index in [0.717, 1.165) is 5.69 Å². The maximum atomic E-state index is 10.5. The van der Waals surface area contributed by atoms with Crippen LogP contribution >= 0.6 is 0 Å². The zero-order chi connectivity index (χ0) is 11.6. The zero-order valence-corrected chi connectivity index (χ0v) is 13.8. The van der Waals surface area contributed by atoms with Crippen LogP contribution in [0, 0.1) is 6.92 Å². The summed E-state index contributed by atoms with van der Waals surface area (Å²) in [6, 6.07) is 5.11. The summed E-state index contributed by atoms with van der Waals surface area (Å²) in [5.41, 5.74) is 1.97. The van der Waals surface area contributed by atoms with Crippen LogP contribution < -0.4 is 61.0 Å². The van der Waals surface area contributed by atoms with Crippen molar-refractivity contribution in [3.8, 4) is 0 Å². The van der Waals surface area contributed by atoms with Crippen molar-refractivity contribution in [2.24, 2.45) is 0 Å². The van der Waals surface area contributed by atoms with Crippen LogP contribution in [-0.4, -0.2) is 27.1 Å². The molecule has 0 saturated heterocycles. The van der Waals surface area contributed by atoms with Crippen molar-refractivity contribution < 1.29 is 64.4 Å². The van der Waals surface area contributed by atoms with Crippen LogP contribution in [-0.2, 0) is 10.3 Å². The molecular formula is C9H13KN2O3S. The van der Waals surface area contributed by atoms with Crippen molar-refractivity contribution in [2.75, 3.05) is 23.7 Å². The summed E-state index contributed by atoms with van der Waals surface area (Å²) in [7, 11) is -0.684. The smallest absolute Gasteiger partial charge is 0.731 e. The second kappa shape index (κ2) is 6.34. The van der Waals surface area contributed by atoms with Gasteiger partial charge >= 0.3 is 51.4 Å². The van der Waals surface area contributed by atoms with E-state index in [9.17, 15) is 13.0 Å². The summed E-state index contributed by atoms with van der Waals surface area (Å²) in [5.74, 6) is 0. The van der Waals surface area contributed by atoms with Gasteiger partial charge in [0.15, 0.2) is 10.3 Å². The van der Waals surface area contributed by atoms with Crippen LogP contribution in [0.3, 0.4) is 0 Å². The normalized spacial score (nSPS) is 10.5. The second-order valence-corrected chi connectivity index (χ2v) is 4.56. The van der Waals surface area contributed by atoms with Gasteiger partial charge in [-0.2, -0.15) is 0 Å². The fourth-order valence-electron chi connectivity index (χ4n) is 1.18. The first-order valence-electron chi connectivity index (χ1n) is 4.31. The minimum Gasteiger partial charge on any atom is -0.731 e. The fourth-order valence-corrected chi connectivity index (χ4v) is 1.67. The first-order chi connectivity index (χ1) is 6.79. The average molecular weight is 268 g/mol. The number of anilines is 2. The molecule has 1 aromatic carbocycles. The molecule has 0 aliphatic rings. The largest absolute Gasteiger partial charge is 1.00 e. The minimum atomic E-state index is -4.45. The van der Waals surface area contributed by atoms with Crippen LogP contribution in [0.2, 0.25) is 0 Å². The molecule has 7 heteroatoms. The van der Waals surface area contributed by atoms with Crippen LogP contribution in [0.5, 0.6) is 0 Å². The third kappa shape index (κ3) is 5.13. The Morgan fingerprint density at radius 2 is 1.88 bits per heavy atom. The Kier molecular flexibility index (Phi) is 6.48. The molecule has 0 fully saturated rings. The third-order valence-electron chi connectivity index (χ3n) is 1.96. The molecular weight excluding hydrogens is 255 g/mol. The topological polar surface area (TPSA) is 72.5 Å². The molecule has 16 heavy (non-hydrogen) atoms. The van der Waals surface area contributed by atoms with Gasteiger partial charge in [-0.15, -0.1) is 0 Å². The number of nitrogens with zero attached hydrogens (tertiary/aromatic N) is 1.